The van der Waals surface area contributed by atoms with Gasteiger partial charge in [0, 0.05) is 5.02 Å². The Kier molecular flexibility index (Phi) is 3.44. The molecular weight excluding hydrogens is 342 g/mol. The maximum absolute atomic E-state index is 11.2. The molecule has 0 saturated carbocycles. The van der Waals surface area contributed by atoms with E-state index in [1.54, 1.807) is 0 Å². The second-order valence-electron chi connectivity index (χ2n) is 4.66. The highest BCUT2D eigenvalue weighted by Crippen LogP contribution is 2.36. The third-order valence-corrected chi connectivity index (χ3v) is 4.52. The molecule has 0 aliphatic carbocycles. The van der Waals surface area contributed by atoms with E-state index in [1.165, 1.54) is 0 Å². The van der Waals surface area contributed by atoms with Gasteiger partial charge in [-0.05, 0) is 41.8 Å². The van der Waals surface area contributed by atoms with Gasteiger partial charge in [0.05, 0.1) is 10.3 Å². The molecule has 0 spiro atoms. The van der Waals surface area contributed by atoms with Gasteiger partial charge in [-0.2, -0.15) is 0 Å². The van der Waals surface area contributed by atoms with Gasteiger partial charge in [-0.1, -0.05) is 45.7 Å². The van der Waals surface area contributed by atoms with Crippen LogP contribution in [0.4, 0.5) is 0 Å². The number of halogens is 2. The summed E-state index contributed by atoms with van der Waals surface area (Å²) >= 11 is 9.93. The minimum Gasteiger partial charge on any atom is -0.408 e. The number of aromatic nitrogens is 1. The third kappa shape index (κ3) is 2.41. The summed E-state index contributed by atoms with van der Waals surface area (Å²) in [6, 6.07) is 11.5. The summed E-state index contributed by atoms with van der Waals surface area (Å²) in [5.74, 6) is -0.448. The lowest BCUT2D eigenvalue weighted by Crippen LogP contribution is -1.94. The fourth-order valence-corrected chi connectivity index (χ4v) is 3.30. The summed E-state index contributed by atoms with van der Waals surface area (Å²) in [6.45, 7) is 2.00. The first-order chi connectivity index (χ1) is 9.54. The van der Waals surface area contributed by atoms with E-state index in [4.69, 9.17) is 16.0 Å². The minimum atomic E-state index is -0.448. The molecule has 0 bridgehead atoms. The molecule has 1 aromatic heterocycles. The fraction of sp³-hybridized carbons (Fsp3) is 0.133. The third-order valence-electron chi connectivity index (χ3n) is 3.17. The van der Waals surface area contributed by atoms with Crippen LogP contribution in [0.5, 0.6) is 0 Å². The van der Waals surface area contributed by atoms with Crippen LogP contribution in [0.15, 0.2) is 45.6 Å². The zero-order chi connectivity index (χ0) is 14.3. The van der Waals surface area contributed by atoms with Gasteiger partial charge in [-0.15, -0.1) is 0 Å². The number of H-pyrrole nitrogens is 1. The van der Waals surface area contributed by atoms with Crippen molar-refractivity contribution in [3.05, 3.63) is 68.7 Å². The maximum Gasteiger partial charge on any atom is 0.417 e. The van der Waals surface area contributed by atoms with E-state index in [9.17, 15) is 4.79 Å². The van der Waals surface area contributed by atoms with Crippen molar-refractivity contribution >= 4 is 38.6 Å². The van der Waals surface area contributed by atoms with Gasteiger partial charge >= 0.3 is 5.76 Å². The largest absolute Gasteiger partial charge is 0.417 e. The van der Waals surface area contributed by atoms with Crippen molar-refractivity contribution in [1.29, 1.82) is 0 Å². The van der Waals surface area contributed by atoms with E-state index in [0.29, 0.717) is 16.1 Å². The molecule has 3 rings (SSSR count). The molecule has 2 aromatic carbocycles. The molecule has 1 heterocycles. The van der Waals surface area contributed by atoms with E-state index in [2.05, 4.69) is 20.9 Å². The quantitative estimate of drug-likeness (QED) is 0.687. The van der Waals surface area contributed by atoms with Crippen LogP contribution in [0.1, 0.15) is 21.5 Å². The van der Waals surface area contributed by atoms with E-state index in [1.807, 2.05) is 43.3 Å². The zero-order valence-corrected chi connectivity index (χ0v) is 13.0. The smallest absolute Gasteiger partial charge is 0.408 e. The molecule has 0 amide bonds. The average molecular weight is 353 g/mol. The predicted molar refractivity (Wildman–Crippen MR) is 83.8 cm³/mol. The predicted octanol–water partition coefficient (Wildman–Crippen LogP) is 4.57. The van der Waals surface area contributed by atoms with Crippen LogP contribution in [0, 0.1) is 6.92 Å². The summed E-state index contributed by atoms with van der Waals surface area (Å²) in [5.41, 5.74) is 4.31. The van der Waals surface area contributed by atoms with Gasteiger partial charge in [0.25, 0.3) is 0 Å². The zero-order valence-electron chi connectivity index (χ0n) is 10.6. The molecule has 1 unspecified atom stereocenters. The van der Waals surface area contributed by atoms with Crippen molar-refractivity contribution in [2.45, 2.75) is 11.8 Å². The van der Waals surface area contributed by atoms with E-state index < -0.39 is 5.76 Å². The second kappa shape index (κ2) is 5.11. The Morgan fingerprint density at radius 3 is 2.80 bits per heavy atom. The molecule has 102 valence electrons. The van der Waals surface area contributed by atoms with Gasteiger partial charge in [-0.25, -0.2) is 4.79 Å². The van der Waals surface area contributed by atoms with Crippen molar-refractivity contribution in [2.24, 2.45) is 0 Å². The van der Waals surface area contributed by atoms with Crippen LogP contribution in [-0.2, 0) is 0 Å². The number of aromatic amines is 1. The summed E-state index contributed by atoms with van der Waals surface area (Å²) in [5, 5.41) is 0.711. The number of benzene rings is 2. The second-order valence-corrected chi connectivity index (χ2v) is 5.98. The molecular formula is C15H11BrClNO2. The molecule has 3 aromatic rings. The van der Waals surface area contributed by atoms with Gasteiger partial charge in [0.2, 0.25) is 0 Å². The van der Waals surface area contributed by atoms with Crippen molar-refractivity contribution in [3.8, 4) is 0 Å². The minimum absolute atomic E-state index is 0.0554. The van der Waals surface area contributed by atoms with Crippen LogP contribution in [0.3, 0.4) is 0 Å². The lowest BCUT2D eigenvalue weighted by atomic mass is 10.0. The fourth-order valence-electron chi connectivity index (χ4n) is 2.14. The summed E-state index contributed by atoms with van der Waals surface area (Å²) in [7, 11) is 0. The highest BCUT2D eigenvalue weighted by molar-refractivity contribution is 9.09. The van der Waals surface area contributed by atoms with Crippen LogP contribution < -0.4 is 5.76 Å². The van der Waals surface area contributed by atoms with Crippen molar-refractivity contribution in [2.75, 3.05) is 0 Å². The number of aryl methyl sites for hydroxylation is 1. The Bertz CT molecular complexity index is 837. The standard InChI is InChI=1S/C15H11BrClNO2/c1-8-2-4-10(11(17)6-8)14(16)9-3-5-12-13(7-9)20-15(19)18-12/h2-7,14H,1H3,(H,18,19). The number of oxazole rings is 1. The molecule has 0 saturated heterocycles. The highest BCUT2D eigenvalue weighted by atomic mass is 79.9. The molecule has 3 nitrogen and oxygen atoms in total. The van der Waals surface area contributed by atoms with E-state index in [0.717, 1.165) is 16.7 Å². The van der Waals surface area contributed by atoms with E-state index >= 15 is 0 Å². The van der Waals surface area contributed by atoms with Gasteiger partial charge in [0.1, 0.15) is 0 Å². The number of hydrogen-bond donors (Lipinski definition) is 1. The van der Waals surface area contributed by atoms with Crippen molar-refractivity contribution in [3.63, 3.8) is 0 Å². The number of fused-ring (bicyclic) bond motifs is 1. The van der Waals surface area contributed by atoms with Crippen molar-refractivity contribution < 1.29 is 4.42 Å². The molecule has 0 aliphatic heterocycles. The Labute approximate surface area is 128 Å². The Hall–Kier alpha value is -1.52. The van der Waals surface area contributed by atoms with Gasteiger partial charge < -0.3 is 4.42 Å². The van der Waals surface area contributed by atoms with Crippen LogP contribution in [-0.4, -0.2) is 4.98 Å². The molecule has 0 radical (unpaired) electrons. The molecule has 1 atom stereocenters. The van der Waals surface area contributed by atoms with Gasteiger partial charge in [-0.3, -0.25) is 4.98 Å². The first-order valence-corrected chi connectivity index (χ1v) is 7.37. The molecule has 1 N–H and O–H groups in total. The Balaban J connectivity index is 2.06. The van der Waals surface area contributed by atoms with Crippen LogP contribution >= 0.6 is 27.5 Å². The molecule has 20 heavy (non-hydrogen) atoms. The number of nitrogens with one attached hydrogen (secondary N) is 1. The van der Waals surface area contributed by atoms with Crippen LogP contribution in [0.2, 0.25) is 5.02 Å². The Morgan fingerprint density at radius 1 is 1.25 bits per heavy atom. The molecule has 5 heteroatoms. The van der Waals surface area contributed by atoms with Gasteiger partial charge in [0.15, 0.2) is 5.58 Å². The topological polar surface area (TPSA) is 46.0 Å². The lowest BCUT2D eigenvalue weighted by Gasteiger charge is -2.13. The highest BCUT2D eigenvalue weighted by Gasteiger charge is 2.15. The lowest BCUT2D eigenvalue weighted by molar-refractivity contribution is 0.555. The average Bonchev–Trinajstić information content (AvgIpc) is 2.77. The number of alkyl halides is 1. The normalized spacial score (nSPS) is 12.8. The molecule has 0 aliphatic rings. The molecule has 0 fully saturated rings. The van der Waals surface area contributed by atoms with Crippen LogP contribution in [0.25, 0.3) is 11.1 Å². The number of rotatable bonds is 2. The number of hydrogen-bond acceptors (Lipinski definition) is 2. The summed E-state index contributed by atoms with van der Waals surface area (Å²) < 4.78 is 5.08. The monoisotopic (exact) mass is 351 g/mol. The Morgan fingerprint density at radius 2 is 2.05 bits per heavy atom. The summed E-state index contributed by atoms with van der Waals surface area (Å²) in [6.07, 6.45) is 0. The first kappa shape index (κ1) is 13.5. The van der Waals surface area contributed by atoms with Crippen molar-refractivity contribution in [1.82, 2.24) is 4.98 Å². The summed E-state index contributed by atoms with van der Waals surface area (Å²) in [4.78, 5) is 13.7. The first-order valence-electron chi connectivity index (χ1n) is 6.07. The van der Waals surface area contributed by atoms with E-state index in [-0.39, 0.29) is 4.83 Å². The SMILES string of the molecule is Cc1ccc(C(Br)c2ccc3[nH]c(=O)oc3c2)c(Cl)c1. The maximum atomic E-state index is 11.2.